The summed E-state index contributed by atoms with van der Waals surface area (Å²) in [5, 5.41) is 12.3. The second-order valence-electron chi connectivity index (χ2n) is 4.92. The molecule has 1 aromatic carbocycles. The Bertz CT molecular complexity index is 904. The third-order valence-corrected chi connectivity index (χ3v) is 3.46. The quantitative estimate of drug-likeness (QED) is 0.771. The molecule has 0 spiro atoms. The number of anilines is 1. The van der Waals surface area contributed by atoms with E-state index in [2.05, 4.69) is 10.3 Å². The maximum absolute atomic E-state index is 12.1. The van der Waals surface area contributed by atoms with Gasteiger partial charge in [-0.1, -0.05) is 23.7 Å². The highest BCUT2D eigenvalue weighted by atomic mass is 35.5. The second kappa shape index (κ2) is 6.10. The summed E-state index contributed by atoms with van der Waals surface area (Å²) >= 11 is 5.90. The molecule has 23 heavy (non-hydrogen) atoms. The first-order chi connectivity index (χ1) is 11.0. The molecule has 2 aromatic heterocycles. The fraction of sp³-hybridized carbons (Fsp3) is 0.0625. The molecule has 0 unspecified atom stereocenters. The number of hydrogen-bond acceptors (Lipinski definition) is 3. The summed E-state index contributed by atoms with van der Waals surface area (Å²) in [7, 11) is 0. The predicted octanol–water partition coefficient (Wildman–Crippen LogP) is 2.87. The topological polar surface area (TPSA) is 83.7 Å². The van der Waals surface area contributed by atoms with E-state index in [1.165, 1.54) is 6.07 Å². The SMILES string of the molecule is O=C(Cc1cn2cc(Cl)ccc2n1)Nc1ccccc1C(=O)O. The Morgan fingerprint density at radius 1 is 1.17 bits per heavy atom. The lowest BCUT2D eigenvalue weighted by atomic mass is 10.1. The maximum atomic E-state index is 12.1. The molecule has 1 amide bonds. The Morgan fingerprint density at radius 2 is 1.96 bits per heavy atom. The number of hydrogen-bond donors (Lipinski definition) is 2. The number of amides is 1. The number of aromatic nitrogens is 2. The highest BCUT2D eigenvalue weighted by Gasteiger charge is 2.13. The molecule has 2 N–H and O–H groups in total. The van der Waals surface area contributed by atoms with Gasteiger partial charge in [-0.15, -0.1) is 0 Å². The van der Waals surface area contributed by atoms with Gasteiger partial charge in [-0.3, -0.25) is 4.79 Å². The van der Waals surface area contributed by atoms with Gasteiger partial charge in [-0.2, -0.15) is 0 Å². The summed E-state index contributed by atoms with van der Waals surface area (Å²) in [4.78, 5) is 27.6. The summed E-state index contributed by atoms with van der Waals surface area (Å²) in [6.45, 7) is 0. The molecule has 0 aliphatic heterocycles. The number of halogens is 1. The molecule has 0 saturated heterocycles. The van der Waals surface area contributed by atoms with Crippen molar-refractivity contribution in [1.82, 2.24) is 9.38 Å². The monoisotopic (exact) mass is 329 g/mol. The van der Waals surface area contributed by atoms with Gasteiger partial charge in [0.1, 0.15) is 5.65 Å². The minimum Gasteiger partial charge on any atom is -0.478 e. The van der Waals surface area contributed by atoms with Gasteiger partial charge in [-0.25, -0.2) is 9.78 Å². The number of carboxylic acid groups (broad SMARTS) is 1. The van der Waals surface area contributed by atoms with Gasteiger partial charge in [0.15, 0.2) is 0 Å². The van der Waals surface area contributed by atoms with E-state index in [0.717, 1.165) is 0 Å². The molecule has 0 saturated carbocycles. The molecule has 116 valence electrons. The molecule has 2 heterocycles. The minimum atomic E-state index is -1.09. The lowest BCUT2D eigenvalue weighted by Gasteiger charge is -2.07. The first-order valence-electron chi connectivity index (χ1n) is 6.78. The molecule has 7 heteroatoms. The van der Waals surface area contributed by atoms with Gasteiger partial charge in [0, 0.05) is 12.4 Å². The summed E-state index contributed by atoms with van der Waals surface area (Å²) in [5.41, 5.74) is 1.56. The average Bonchev–Trinajstić information content (AvgIpc) is 2.88. The van der Waals surface area contributed by atoms with Gasteiger partial charge in [-0.05, 0) is 24.3 Å². The third kappa shape index (κ3) is 3.32. The predicted molar refractivity (Wildman–Crippen MR) is 85.9 cm³/mol. The Kier molecular flexibility index (Phi) is 3.99. The van der Waals surface area contributed by atoms with E-state index in [-0.39, 0.29) is 23.6 Å². The van der Waals surface area contributed by atoms with Crippen LogP contribution >= 0.6 is 11.6 Å². The van der Waals surface area contributed by atoms with Crippen molar-refractivity contribution in [2.75, 3.05) is 5.32 Å². The lowest BCUT2D eigenvalue weighted by molar-refractivity contribution is -0.115. The van der Waals surface area contributed by atoms with Crippen molar-refractivity contribution in [1.29, 1.82) is 0 Å². The zero-order valence-corrected chi connectivity index (χ0v) is 12.6. The zero-order valence-electron chi connectivity index (χ0n) is 11.9. The smallest absolute Gasteiger partial charge is 0.337 e. The number of fused-ring (bicyclic) bond motifs is 1. The fourth-order valence-electron chi connectivity index (χ4n) is 2.24. The van der Waals surface area contributed by atoms with Crippen LogP contribution in [-0.2, 0) is 11.2 Å². The van der Waals surface area contributed by atoms with Gasteiger partial charge in [0.05, 0.1) is 28.4 Å². The van der Waals surface area contributed by atoms with Gasteiger partial charge in [0.2, 0.25) is 5.91 Å². The number of carboxylic acids is 1. The van der Waals surface area contributed by atoms with Crippen molar-refractivity contribution in [3.8, 4) is 0 Å². The molecule has 0 aliphatic carbocycles. The second-order valence-corrected chi connectivity index (χ2v) is 5.36. The fourth-order valence-corrected chi connectivity index (χ4v) is 2.41. The van der Waals surface area contributed by atoms with E-state index in [1.54, 1.807) is 47.1 Å². The number of benzene rings is 1. The number of pyridine rings is 1. The summed E-state index contributed by atoms with van der Waals surface area (Å²) < 4.78 is 1.73. The van der Waals surface area contributed by atoms with Crippen LogP contribution < -0.4 is 5.32 Å². The summed E-state index contributed by atoms with van der Waals surface area (Å²) in [6.07, 6.45) is 3.45. The molecule has 0 bridgehead atoms. The Hall–Kier alpha value is -2.86. The number of carbonyl (C=O) groups excluding carboxylic acids is 1. The van der Waals surface area contributed by atoms with Crippen LogP contribution in [0.2, 0.25) is 5.02 Å². The van der Waals surface area contributed by atoms with Gasteiger partial charge < -0.3 is 14.8 Å². The van der Waals surface area contributed by atoms with Gasteiger partial charge in [0.25, 0.3) is 0 Å². The molecular weight excluding hydrogens is 318 g/mol. The van der Waals surface area contributed by atoms with E-state index in [9.17, 15) is 9.59 Å². The Labute approximate surface area is 136 Å². The van der Waals surface area contributed by atoms with Crippen molar-refractivity contribution in [2.45, 2.75) is 6.42 Å². The van der Waals surface area contributed by atoms with Crippen LogP contribution in [0.1, 0.15) is 16.1 Å². The van der Waals surface area contributed by atoms with Crippen LogP contribution in [0.15, 0.2) is 48.8 Å². The average molecular weight is 330 g/mol. The number of nitrogens with one attached hydrogen (secondary N) is 1. The van der Waals surface area contributed by atoms with Crippen LogP contribution in [0.4, 0.5) is 5.69 Å². The third-order valence-electron chi connectivity index (χ3n) is 3.24. The van der Waals surface area contributed by atoms with E-state index in [1.807, 2.05) is 0 Å². The first-order valence-corrected chi connectivity index (χ1v) is 7.16. The minimum absolute atomic E-state index is 0.0350. The number of imidazole rings is 1. The van der Waals surface area contributed by atoms with E-state index in [0.29, 0.717) is 16.4 Å². The molecule has 0 atom stereocenters. The largest absolute Gasteiger partial charge is 0.478 e. The molecule has 0 aliphatic rings. The number of rotatable bonds is 4. The number of nitrogens with zero attached hydrogens (tertiary/aromatic N) is 2. The van der Waals surface area contributed by atoms with Crippen LogP contribution in [0.5, 0.6) is 0 Å². The van der Waals surface area contributed by atoms with E-state index < -0.39 is 5.97 Å². The molecule has 6 nitrogen and oxygen atoms in total. The zero-order chi connectivity index (χ0) is 16.4. The van der Waals surface area contributed by atoms with Crippen LogP contribution in [-0.4, -0.2) is 26.4 Å². The van der Waals surface area contributed by atoms with Crippen LogP contribution in [0.25, 0.3) is 5.65 Å². The number of para-hydroxylation sites is 1. The van der Waals surface area contributed by atoms with Crippen LogP contribution in [0, 0.1) is 0 Å². The van der Waals surface area contributed by atoms with Crippen LogP contribution in [0.3, 0.4) is 0 Å². The van der Waals surface area contributed by atoms with E-state index >= 15 is 0 Å². The molecule has 0 fully saturated rings. The van der Waals surface area contributed by atoms with Crippen molar-refractivity contribution >= 4 is 34.8 Å². The van der Waals surface area contributed by atoms with Gasteiger partial charge >= 0.3 is 5.97 Å². The lowest BCUT2D eigenvalue weighted by Crippen LogP contribution is -2.16. The Balaban J connectivity index is 1.77. The molecule has 3 aromatic rings. The standard InChI is InChI=1S/C16H12ClN3O3/c17-10-5-6-14-18-11(9-20(14)8-10)7-15(21)19-13-4-2-1-3-12(13)16(22)23/h1-6,8-9H,7H2,(H,19,21)(H,22,23). The van der Waals surface area contributed by atoms with E-state index in [4.69, 9.17) is 16.7 Å². The van der Waals surface area contributed by atoms with Crippen molar-refractivity contribution in [2.24, 2.45) is 0 Å². The number of aromatic carboxylic acids is 1. The summed E-state index contributed by atoms with van der Waals surface area (Å²) in [6, 6.07) is 9.72. The molecule has 3 rings (SSSR count). The number of carbonyl (C=O) groups is 2. The maximum Gasteiger partial charge on any atom is 0.337 e. The Morgan fingerprint density at radius 3 is 2.74 bits per heavy atom. The summed E-state index contributed by atoms with van der Waals surface area (Å²) in [5.74, 6) is -1.43. The van der Waals surface area contributed by atoms with Crippen molar-refractivity contribution < 1.29 is 14.7 Å². The van der Waals surface area contributed by atoms with Crippen molar-refractivity contribution in [3.63, 3.8) is 0 Å². The highest BCUT2D eigenvalue weighted by molar-refractivity contribution is 6.30. The first kappa shape index (κ1) is 15.1. The normalized spacial score (nSPS) is 10.7. The van der Waals surface area contributed by atoms with Crippen molar-refractivity contribution in [3.05, 3.63) is 65.1 Å². The molecule has 0 radical (unpaired) electrons. The molecular formula is C16H12ClN3O3. The highest BCUT2D eigenvalue weighted by Crippen LogP contribution is 2.16.